The van der Waals surface area contributed by atoms with Crippen LogP contribution >= 0.6 is 0 Å². The van der Waals surface area contributed by atoms with Gasteiger partial charge >= 0.3 is 0 Å². The first kappa shape index (κ1) is 15.4. The summed E-state index contributed by atoms with van der Waals surface area (Å²) in [4.78, 5) is 14.0. The number of carbonyl (C=O) groups excluding carboxylic acids is 1. The highest BCUT2D eigenvalue weighted by Gasteiger charge is 2.28. The summed E-state index contributed by atoms with van der Waals surface area (Å²) in [5, 5.41) is 9.25. The summed E-state index contributed by atoms with van der Waals surface area (Å²) in [6.07, 6.45) is 1.45. The summed E-state index contributed by atoms with van der Waals surface area (Å²) in [7, 11) is 0. The molecule has 0 aromatic rings. The molecule has 1 fully saturated rings. The average molecular weight is 258 g/mol. The number of rotatable bonds is 6. The Labute approximate surface area is 109 Å². The Kier molecular flexibility index (Phi) is 6.60. The van der Waals surface area contributed by atoms with Gasteiger partial charge in [-0.1, -0.05) is 13.8 Å². The number of carbonyl (C=O) groups is 1. The highest BCUT2D eigenvalue weighted by Crippen LogP contribution is 2.17. The van der Waals surface area contributed by atoms with Crippen LogP contribution in [0.2, 0.25) is 0 Å². The maximum Gasteiger partial charge on any atom is 0.223 e. The third-order valence-corrected chi connectivity index (χ3v) is 3.36. The number of ether oxygens (including phenoxy) is 1. The van der Waals surface area contributed by atoms with E-state index in [-0.39, 0.29) is 24.5 Å². The second-order valence-corrected chi connectivity index (χ2v) is 5.43. The summed E-state index contributed by atoms with van der Waals surface area (Å²) in [5.74, 6) is 0.873. The van der Waals surface area contributed by atoms with Crippen molar-refractivity contribution in [3.8, 4) is 0 Å². The fourth-order valence-electron chi connectivity index (χ4n) is 2.43. The molecular formula is C13H26N2O3. The molecule has 1 aliphatic rings. The zero-order valence-corrected chi connectivity index (χ0v) is 11.5. The Morgan fingerprint density at radius 3 is 2.83 bits per heavy atom. The van der Waals surface area contributed by atoms with Crippen LogP contribution in [-0.2, 0) is 9.53 Å². The molecule has 1 unspecified atom stereocenters. The molecule has 1 aliphatic heterocycles. The first-order valence-corrected chi connectivity index (χ1v) is 6.76. The van der Waals surface area contributed by atoms with E-state index in [9.17, 15) is 9.90 Å². The molecule has 0 spiro atoms. The van der Waals surface area contributed by atoms with Crippen LogP contribution in [0.3, 0.4) is 0 Å². The predicted octanol–water partition coefficient (Wildman–Crippen LogP) is 0.217. The number of hydrogen-bond donors (Lipinski definition) is 2. The lowest BCUT2D eigenvalue weighted by molar-refractivity contribution is -0.142. The van der Waals surface area contributed by atoms with Crippen molar-refractivity contribution in [2.45, 2.75) is 32.7 Å². The SMILES string of the molecule is CC(C)C[C@H](CN)CC(=O)N1CCOCC1CO. The van der Waals surface area contributed by atoms with Crippen LogP contribution in [-0.4, -0.2) is 54.9 Å². The molecule has 5 nitrogen and oxygen atoms in total. The summed E-state index contributed by atoms with van der Waals surface area (Å²) < 4.78 is 5.27. The molecule has 3 N–H and O–H groups in total. The molecular weight excluding hydrogens is 232 g/mol. The lowest BCUT2D eigenvalue weighted by Crippen LogP contribution is -2.51. The molecule has 0 aromatic heterocycles. The number of nitrogens with zero attached hydrogens (tertiary/aromatic N) is 1. The number of morpholine rings is 1. The van der Waals surface area contributed by atoms with Gasteiger partial charge in [0.2, 0.25) is 5.91 Å². The third-order valence-electron chi connectivity index (χ3n) is 3.36. The molecule has 106 valence electrons. The lowest BCUT2D eigenvalue weighted by Gasteiger charge is -2.35. The van der Waals surface area contributed by atoms with E-state index in [1.54, 1.807) is 4.90 Å². The van der Waals surface area contributed by atoms with E-state index in [1.165, 1.54) is 0 Å². The molecule has 0 radical (unpaired) electrons. The number of aliphatic hydroxyl groups is 1. The molecule has 1 heterocycles. The molecule has 1 saturated heterocycles. The van der Waals surface area contributed by atoms with E-state index >= 15 is 0 Å². The number of nitrogens with two attached hydrogens (primary N) is 1. The Bertz CT molecular complexity index is 259. The fourth-order valence-corrected chi connectivity index (χ4v) is 2.43. The Morgan fingerprint density at radius 1 is 1.56 bits per heavy atom. The number of aliphatic hydroxyl groups excluding tert-OH is 1. The van der Waals surface area contributed by atoms with Gasteiger partial charge in [-0.15, -0.1) is 0 Å². The van der Waals surface area contributed by atoms with E-state index in [2.05, 4.69) is 13.8 Å². The van der Waals surface area contributed by atoms with Gasteiger partial charge in [0.15, 0.2) is 0 Å². The Balaban J connectivity index is 2.51. The first-order chi connectivity index (χ1) is 8.58. The van der Waals surface area contributed by atoms with Crippen molar-refractivity contribution in [2.24, 2.45) is 17.6 Å². The first-order valence-electron chi connectivity index (χ1n) is 6.76. The van der Waals surface area contributed by atoms with Crippen LogP contribution in [0.4, 0.5) is 0 Å². The van der Waals surface area contributed by atoms with Gasteiger partial charge in [-0.05, 0) is 24.8 Å². The van der Waals surface area contributed by atoms with E-state index in [0.717, 1.165) is 6.42 Å². The van der Waals surface area contributed by atoms with E-state index in [0.29, 0.717) is 38.6 Å². The van der Waals surface area contributed by atoms with Gasteiger partial charge in [-0.3, -0.25) is 4.79 Å². The largest absolute Gasteiger partial charge is 0.394 e. The van der Waals surface area contributed by atoms with Crippen LogP contribution in [0.5, 0.6) is 0 Å². The standard InChI is InChI=1S/C13H26N2O3/c1-10(2)5-11(7-14)6-13(17)15-3-4-18-9-12(15)8-16/h10-12,16H,3-9,14H2,1-2H3/t11-,12?/m0/s1. The molecule has 18 heavy (non-hydrogen) atoms. The van der Waals surface area contributed by atoms with Crippen molar-refractivity contribution in [1.82, 2.24) is 4.90 Å². The highest BCUT2D eigenvalue weighted by atomic mass is 16.5. The van der Waals surface area contributed by atoms with Gasteiger partial charge in [0.1, 0.15) is 0 Å². The molecule has 0 aliphatic carbocycles. The van der Waals surface area contributed by atoms with E-state index in [1.807, 2.05) is 0 Å². The van der Waals surface area contributed by atoms with Crippen molar-refractivity contribution < 1.29 is 14.6 Å². The van der Waals surface area contributed by atoms with Crippen molar-refractivity contribution >= 4 is 5.91 Å². The molecule has 1 rings (SSSR count). The highest BCUT2D eigenvalue weighted by molar-refractivity contribution is 5.77. The Morgan fingerprint density at radius 2 is 2.28 bits per heavy atom. The minimum absolute atomic E-state index is 0.0385. The van der Waals surface area contributed by atoms with Crippen LogP contribution in [0.15, 0.2) is 0 Å². The molecule has 0 aromatic carbocycles. The van der Waals surface area contributed by atoms with Crippen molar-refractivity contribution in [3.05, 3.63) is 0 Å². The maximum atomic E-state index is 12.2. The summed E-state index contributed by atoms with van der Waals surface area (Å²) in [6, 6.07) is -0.191. The number of hydrogen-bond acceptors (Lipinski definition) is 4. The van der Waals surface area contributed by atoms with Crippen LogP contribution < -0.4 is 5.73 Å². The van der Waals surface area contributed by atoms with E-state index < -0.39 is 0 Å². The predicted molar refractivity (Wildman–Crippen MR) is 70.0 cm³/mol. The minimum Gasteiger partial charge on any atom is -0.394 e. The van der Waals surface area contributed by atoms with Gasteiger partial charge in [0.25, 0.3) is 0 Å². The lowest BCUT2D eigenvalue weighted by atomic mass is 9.93. The van der Waals surface area contributed by atoms with Gasteiger partial charge in [-0.2, -0.15) is 0 Å². The van der Waals surface area contributed by atoms with Gasteiger partial charge in [0, 0.05) is 13.0 Å². The smallest absolute Gasteiger partial charge is 0.223 e. The summed E-state index contributed by atoms with van der Waals surface area (Å²) >= 11 is 0. The zero-order chi connectivity index (χ0) is 13.5. The topological polar surface area (TPSA) is 75.8 Å². The maximum absolute atomic E-state index is 12.2. The summed E-state index contributed by atoms with van der Waals surface area (Å²) in [5.41, 5.74) is 5.72. The van der Waals surface area contributed by atoms with Crippen LogP contribution in [0.25, 0.3) is 0 Å². The number of amides is 1. The molecule has 1 amide bonds. The third kappa shape index (κ3) is 4.55. The van der Waals surface area contributed by atoms with Gasteiger partial charge in [-0.25, -0.2) is 0 Å². The monoisotopic (exact) mass is 258 g/mol. The molecule has 0 saturated carbocycles. The fraction of sp³-hybridized carbons (Fsp3) is 0.923. The second-order valence-electron chi connectivity index (χ2n) is 5.43. The van der Waals surface area contributed by atoms with Gasteiger partial charge in [0.05, 0.1) is 25.9 Å². The van der Waals surface area contributed by atoms with Crippen molar-refractivity contribution in [3.63, 3.8) is 0 Å². The van der Waals surface area contributed by atoms with Crippen molar-refractivity contribution in [2.75, 3.05) is 32.9 Å². The van der Waals surface area contributed by atoms with E-state index in [4.69, 9.17) is 10.5 Å². The average Bonchev–Trinajstić information content (AvgIpc) is 2.37. The normalized spacial score (nSPS) is 22.3. The van der Waals surface area contributed by atoms with Crippen molar-refractivity contribution in [1.29, 1.82) is 0 Å². The molecule has 5 heteroatoms. The quantitative estimate of drug-likeness (QED) is 0.714. The minimum atomic E-state index is -0.191. The molecule has 2 atom stereocenters. The molecule has 0 bridgehead atoms. The summed E-state index contributed by atoms with van der Waals surface area (Å²) in [6.45, 7) is 6.33. The Hall–Kier alpha value is -0.650. The second kappa shape index (κ2) is 7.71. The van der Waals surface area contributed by atoms with Crippen LogP contribution in [0.1, 0.15) is 26.7 Å². The van der Waals surface area contributed by atoms with Crippen LogP contribution in [0, 0.1) is 11.8 Å². The van der Waals surface area contributed by atoms with Gasteiger partial charge < -0.3 is 20.5 Å². The zero-order valence-electron chi connectivity index (χ0n) is 11.5.